The molecule has 1 saturated heterocycles. The van der Waals surface area contributed by atoms with Crippen molar-refractivity contribution in [2.75, 3.05) is 46.9 Å². The maximum Gasteiger partial charge on any atom is 0.240 e. The SMILES string of the molecule is COCCN1CCCN(C)C(=O)C1CN. The predicted octanol–water partition coefficient (Wildman–Crippen LogP) is -0.876. The number of likely N-dealkylation sites (N-methyl/N-ethyl adjacent to an activating group) is 1. The summed E-state index contributed by atoms with van der Waals surface area (Å²) >= 11 is 0. The van der Waals surface area contributed by atoms with Crippen LogP contribution in [0.1, 0.15) is 6.42 Å². The third-order valence-electron chi connectivity index (χ3n) is 2.85. The van der Waals surface area contributed by atoms with Crippen molar-refractivity contribution in [3.8, 4) is 0 Å². The Morgan fingerprint density at radius 1 is 1.53 bits per heavy atom. The maximum atomic E-state index is 11.9. The smallest absolute Gasteiger partial charge is 0.240 e. The van der Waals surface area contributed by atoms with Gasteiger partial charge in [0.1, 0.15) is 6.04 Å². The summed E-state index contributed by atoms with van der Waals surface area (Å²) in [5, 5.41) is 0. The minimum absolute atomic E-state index is 0.131. The van der Waals surface area contributed by atoms with E-state index in [1.807, 2.05) is 7.05 Å². The molecule has 0 saturated carbocycles. The topological polar surface area (TPSA) is 58.8 Å². The van der Waals surface area contributed by atoms with Crippen LogP contribution in [-0.4, -0.2) is 68.7 Å². The minimum atomic E-state index is -0.173. The molecule has 1 fully saturated rings. The fourth-order valence-corrected chi connectivity index (χ4v) is 1.91. The van der Waals surface area contributed by atoms with Gasteiger partial charge in [0.2, 0.25) is 5.91 Å². The van der Waals surface area contributed by atoms with Gasteiger partial charge >= 0.3 is 0 Å². The van der Waals surface area contributed by atoms with Crippen molar-refractivity contribution in [3.05, 3.63) is 0 Å². The van der Waals surface area contributed by atoms with E-state index >= 15 is 0 Å². The zero-order valence-corrected chi connectivity index (χ0v) is 9.61. The molecule has 0 aromatic carbocycles. The maximum absolute atomic E-state index is 11.9. The van der Waals surface area contributed by atoms with Crippen LogP contribution in [0, 0.1) is 0 Å². The van der Waals surface area contributed by atoms with Gasteiger partial charge in [-0.25, -0.2) is 0 Å². The summed E-state index contributed by atoms with van der Waals surface area (Å²) < 4.78 is 5.03. The number of methoxy groups -OCH3 is 1. The second-order valence-corrected chi connectivity index (χ2v) is 3.89. The van der Waals surface area contributed by atoms with Crippen LogP contribution in [0.15, 0.2) is 0 Å². The molecule has 1 atom stereocenters. The first-order valence-electron chi connectivity index (χ1n) is 5.38. The lowest BCUT2D eigenvalue weighted by molar-refractivity contribution is -0.133. The molecule has 0 radical (unpaired) electrons. The Morgan fingerprint density at radius 2 is 2.27 bits per heavy atom. The number of carbonyl (C=O) groups is 1. The molecule has 2 N–H and O–H groups in total. The number of hydrogen-bond acceptors (Lipinski definition) is 4. The van der Waals surface area contributed by atoms with Crippen molar-refractivity contribution in [3.63, 3.8) is 0 Å². The highest BCUT2D eigenvalue weighted by molar-refractivity contribution is 5.82. The minimum Gasteiger partial charge on any atom is -0.383 e. The zero-order valence-electron chi connectivity index (χ0n) is 9.61. The summed E-state index contributed by atoms with van der Waals surface area (Å²) in [6.07, 6.45) is 1.00. The molecule has 0 bridgehead atoms. The van der Waals surface area contributed by atoms with E-state index in [0.717, 1.165) is 26.1 Å². The summed E-state index contributed by atoms with van der Waals surface area (Å²) in [5.74, 6) is 0.131. The normalized spacial score (nSPS) is 24.3. The number of amides is 1. The summed E-state index contributed by atoms with van der Waals surface area (Å²) in [6.45, 7) is 3.54. The highest BCUT2D eigenvalue weighted by Crippen LogP contribution is 2.09. The lowest BCUT2D eigenvalue weighted by Gasteiger charge is -2.28. The van der Waals surface area contributed by atoms with Crippen LogP contribution in [0.2, 0.25) is 0 Å². The molecule has 0 aromatic heterocycles. The van der Waals surface area contributed by atoms with Crippen molar-refractivity contribution < 1.29 is 9.53 Å². The third kappa shape index (κ3) is 3.15. The highest BCUT2D eigenvalue weighted by Gasteiger charge is 2.29. The second kappa shape index (κ2) is 6.05. The lowest BCUT2D eigenvalue weighted by Crippen LogP contribution is -2.50. The van der Waals surface area contributed by atoms with Gasteiger partial charge in [0.05, 0.1) is 6.61 Å². The summed E-state index contributed by atoms with van der Waals surface area (Å²) in [7, 11) is 3.51. The fourth-order valence-electron chi connectivity index (χ4n) is 1.91. The van der Waals surface area contributed by atoms with E-state index in [2.05, 4.69) is 4.90 Å². The van der Waals surface area contributed by atoms with E-state index in [4.69, 9.17) is 10.5 Å². The Kier molecular flexibility index (Phi) is 5.01. The van der Waals surface area contributed by atoms with Gasteiger partial charge in [0.15, 0.2) is 0 Å². The lowest BCUT2D eigenvalue weighted by atomic mass is 10.2. The average Bonchev–Trinajstić information content (AvgIpc) is 2.37. The van der Waals surface area contributed by atoms with Crippen LogP contribution in [0.25, 0.3) is 0 Å². The van der Waals surface area contributed by atoms with Crippen LogP contribution >= 0.6 is 0 Å². The molecule has 5 heteroatoms. The van der Waals surface area contributed by atoms with Gasteiger partial charge in [-0.2, -0.15) is 0 Å². The summed E-state index contributed by atoms with van der Waals surface area (Å²) in [4.78, 5) is 15.8. The largest absolute Gasteiger partial charge is 0.383 e. The molecule has 1 unspecified atom stereocenters. The Bertz CT molecular complexity index is 209. The van der Waals surface area contributed by atoms with E-state index in [0.29, 0.717) is 13.2 Å². The van der Waals surface area contributed by atoms with E-state index in [1.165, 1.54) is 0 Å². The molecule has 15 heavy (non-hydrogen) atoms. The Morgan fingerprint density at radius 3 is 2.87 bits per heavy atom. The van der Waals surface area contributed by atoms with Gasteiger partial charge in [0.25, 0.3) is 0 Å². The Labute approximate surface area is 91.2 Å². The highest BCUT2D eigenvalue weighted by atomic mass is 16.5. The van der Waals surface area contributed by atoms with Crippen molar-refractivity contribution in [1.82, 2.24) is 9.80 Å². The van der Waals surface area contributed by atoms with E-state index < -0.39 is 0 Å². The molecular formula is C10H21N3O2. The van der Waals surface area contributed by atoms with Crippen molar-refractivity contribution in [2.45, 2.75) is 12.5 Å². The Balaban J connectivity index is 2.62. The molecule has 1 amide bonds. The van der Waals surface area contributed by atoms with Gasteiger partial charge < -0.3 is 15.4 Å². The van der Waals surface area contributed by atoms with Crippen molar-refractivity contribution in [1.29, 1.82) is 0 Å². The molecular weight excluding hydrogens is 194 g/mol. The van der Waals surface area contributed by atoms with Crippen molar-refractivity contribution in [2.24, 2.45) is 5.73 Å². The van der Waals surface area contributed by atoms with Crippen LogP contribution in [-0.2, 0) is 9.53 Å². The molecule has 1 aliphatic rings. The molecule has 1 heterocycles. The molecule has 0 spiro atoms. The van der Waals surface area contributed by atoms with Crippen molar-refractivity contribution >= 4 is 5.91 Å². The molecule has 1 rings (SSSR count). The first-order valence-corrected chi connectivity index (χ1v) is 5.38. The van der Waals surface area contributed by atoms with Gasteiger partial charge in [-0.1, -0.05) is 0 Å². The van der Waals surface area contributed by atoms with Crippen LogP contribution in [0.4, 0.5) is 0 Å². The van der Waals surface area contributed by atoms with E-state index in [9.17, 15) is 4.79 Å². The molecule has 0 aliphatic carbocycles. The van der Waals surface area contributed by atoms with Gasteiger partial charge in [-0.15, -0.1) is 0 Å². The predicted molar refractivity (Wildman–Crippen MR) is 58.5 cm³/mol. The average molecular weight is 215 g/mol. The van der Waals surface area contributed by atoms with Gasteiger partial charge in [0, 0.05) is 40.3 Å². The number of hydrogen-bond donors (Lipinski definition) is 1. The zero-order chi connectivity index (χ0) is 11.3. The molecule has 0 aromatic rings. The van der Waals surface area contributed by atoms with Crippen LogP contribution in [0.5, 0.6) is 0 Å². The number of nitrogens with zero attached hydrogens (tertiary/aromatic N) is 2. The number of ether oxygens (including phenoxy) is 1. The van der Waals surface area contributed by atoms with E-state index in [1.54, 1.807) is 12.0 Å². The molecule has 5 nitrogen and oxygen atoms in total. The van der Waals surface area contributed by atoms with Crippen LogP contribution < -0.4 is 5.73 Å². The number of rotatable bonds is 4. The van der Waals surface area contributed by atoms with Gasteiger partial charge in [-0.3, -0.25) is 9.69 Å². The van der Waals surface area contributed by atoms with Crippen LogP contribution in [0.3, 0.4) is 0 Å². The van der Waals surface area contributed by atoms with Gasteiger partial charge in [-0.05, 0) is 6.42 Å². The standard InChI is InChI=1S/C10H21N3O2/c1-12-4-3-5-13(6-7-15-2)9(8-11)10(12)14/h9H,3-8,11H2,1-2H3. The fraction of sp³-hybridized carbons (Fsp3) is 0.900. The molecule has 1 aliphatic heterocycles. The quantitative estimate of drug-likeness (QED) is 0.662. The second-order valence-electron chi connectivity index (χ2n) is 3.89. The summed E-state index contributed by atoms with van der Waals surface area (Å²) in [5.41, 5.74) is 5.66. The van der Waals surface area contributed by atoms with E-state index in [-0.39, 0.29) is 11.9 Å². The monoisotopic (exact) mass is 215 g/mol. The number of carbonyl (C=O) groups excluding carboxylic acids is 1. The molecule has 88 valence electrons. The summed E-state index contributed by atoms with van der Waals surface area (Å²) in [6, 6.07) is -0.173. The first-order chi connectivity index (χ1) is 7.20. The third-order valence-corrected chi connectivity index (χ3v) is 2.85. The Hall–Kier alpha value is -0.650. The number of nitrogens with two attached hydrogens (primary N) is 1. The first kappa shape index (κ1) is 12.4.